The van der Waals surface area contributed by atoms with Crippen LogP contribution in [0.25, 0.3) is 0 Å². The number of nitrogens with zero attached hydrogens (tertiary/aromatic N) is 2. The molecule has 0 bridgehead atoms. The fourth-order valence-electron chi connectivity index (χ4n) is 1.72. The van der Waals surface area contributed by atoms with Gasteiger partial charge >= 0.3 is 0 Å². The van der Waals surface area contributed by atoms with Crippen LogP contribution in [-0.4, -0.2) is 16.4 Å². The molecule has 2 heterocycles. The molecule has 1 aliphatic heterocycles. The molecule has 1 aromatic heterocycles. The van der Waals surface area contributed by atoms with Gasteiger partial charge in [0.1, 0.15) is 5.82 Å². The van der Waals surface area contributed by atoms with Gasteiger partial charge in [-0.3, -0.25) is 0 Å². The molecule has 2 aliphatic rings. The summed E-state index contributed by atoms with van der Waals surface area (Å²) in [5, 5.41) is 4.16. The molecule has 0 saturated heterocycles. The zero-order valence-electron chi connectivity index (χ0n) is 7.19. The Bertz CT molecular complexity index is 332. The summed E-state index contributed by atoms with van der Waals surface area (Å²) in [6.07, 6.45) is 2.54. The summed E-state index contributed by atoms with van der Waals surface area (Å²) in [4.78, 5) is 0. The molecule has 2 N–H and O–H groups in total. The number of halogens is 1. The highest BCUT2D eigenvalue weighted by atomic mass is 35.5. The maximum Gasteiger partial charge on any atom is 0.213 e. The summed E-state index contributed by atoms with van der Waals surface area (Å²) in [7, 11) is 0. The second kappa shape index (κ2) is 2.54. The minimum Gasteiger partial charge on any atom is -0.477 e. The van der Waals surface area contributed by atoms with E-state index >= 15 is 0 Å². The summed E-state index contributed by atoms with van der Waals surface area (Å²) in [5.41, 5.74) is 5.96. The Labute approximate surface area is 82.5 Å². The number of anilines is 1. The molecule has 1 aliphatic carbocycles. The molecule has 0 aromatic carbocycles. The van der Waals surface area contributed by atoms with Crippen LogP contribution in [0.5, 0.6) is 5.88 Å². The third kappa shape index (κ3) is 1.25. The van der Waals surface area contributed by atoms with Gasteiger partial charge in [0, 0.05) is 11.5 Å². The van der Waals surface area contributed by atoms with Crippen molar-refractivity contribution in [1.29, 1.82) is 0 Å². The molecular weight excluding hydrogens is 190 g/mol. The zero-order valence-corrected chi connectivity index (χ0v) is 8.01. The van der Waals surface area contributed by atoms with Gasteiger partial charge in [0.2, 0.25) is 5.88 Å². The number of fused-ring (bicyclic) bond motifs is 1. The number of ether oxygens (including phenoxy) is 1. The van der Waals surface area contributed by atoms with Crippen molar-refractivity contribution in [2.75, 3.05) is 12.3 Å². The van der Waals surface area contributed by atoms with Crippen LogP contribution >= 0.6 is 12.4 Å². The van der Waals surface area contributed by atoms with Crippen molar-refractivity contribution in [2.45, 2.75) is 19.4 Å². The molecule has 1 aromatic rings. The van der Waals surface area contributed by atoms with Crippen molar-refractivity contribution >= 4 is 18.2 Å². The van der Waals surface area contributed by atoms with E-state index in [0.717, 1.165) is 19.0 Å². The highest BCUT2D eigenvalue weighted by Gasteiger charge is 2.47. The maximum absolute atomic E-state index is 5.56. The highest BCUT2D eigenvalue weighted by Crippen LogP contribution is 2.49. The number of rotatable bonds is 0. The monoisotopic (exact) mass is 201 g/mol. The van der Waals surface area contributed by atoms with E-state index < -0.39 is 0 Å². The summed E-state index contributed by atoms with van der Waals surface area (Å²) in [6, 6.07) is 1.79. The van der Waals surface area contributed by atoms with Gasteiger partial charge in [-0.15, -0.1) is 12.4 Å². The normalized spacial score (nSPS) is 21.5. The molecule has 1 spiro atoms. The number of nitrogen functional groups attached to an aromatic ring is 1. The van der Waals surface area contributed by atoms with E-state index in [1.165, 1.54) is 12.8 Å². The molecule has 72 valence electrons. The quantitative estimate of drug-likeness (QED) is 0.683. The van der Waals surface area contributed by atoms with E-state index in [1.54, 1.807) is 6.07 Å². The van der Waals surface area contributed by atoms with Gasteiger partial charge in [0.25, 0.3) is 0 Å². The van der Waals surface area contributed by atoms with Gasteiger partial charge in [-0.2, -0.15) is 5.10 Å². The molecule has 13 heavy (non-hydrogen) atoms. The second-order valence-electron chi connectivity index (χ2n) is 3.85. The predicted molar refractivity (Wildman–Crippen MR) is 51.0 cm³/mol. The van der Waals surface area contributed by atoms with E-state index in [2.05, 4.69) is 5.10 Å². The Morgan fingerprint density at radius 1 is 1.54 bits per heavy atom. The van der Waals surface area contributed by atoms with Crippen LogP contribution in [-0.2, 0) is 6.54 Å². The molecule has 5 heteroatoms. The highest BCUT2D eigenvalue weighted by molar-refractivity contribution is 5.85. The lowest BCUT2D eigenvalue weighted by Crippen LogP contribution is -2.26. The number of hydrogen-bond donors (Lipinski definition) is 1. The molecule has 0 unspecified atom stereocenters. The molecule has 0 radical (unpaired) electrons. The van der Waals surface area contributed by atoms with Crippen molar-refractivity contribution in [3.05, 3.63) is 6.07 Å². The SMILES string of the molecule is Cl.Nc1cc2n(n1)CC1(CC1)CO2. The first-order valence-electron chi connectivity index (χ1n) is 4.24. The fraction of sp³-hybridized carbons (Fsp3) is 0.625. The van der Waals surface area contributed by atoms with Crippen molar-refractivity contribution in [3.8, 4) is 5.88 Å². The van der Waals surface area contributed by atoms with E-state index in [9.17, 15) is 0 Å². The summed E-state index contributed by atoms with van der Waals surface area (Å²) >= 11 is 0. The lowest BCUT2D eigenvalue weighted by Gasteiger charge is -2.22. The Balaban J connectivity index is 0.000000653. The third-order valence-electron chi connectivity index (χ3n) is 2.73. The molecule has 0 amide bonds. The van der Waals surface area contributed by atoms with Crippen molar-refractivity contribution in [2.24, 2.45) is 5.41 Å². The first-order valence-corrected chi connectivity index (χ1v) is 4.24. The first kappa shape index (κ1) is 8.69. The standard InChI is InChI=1S/C8H11N3O.ClH/c9-6-3-7-11(10-6)4-8(1-2-8)5-12-7;/h3H,1-2,4-5H2,(H2,9,10);1H. The topological polar surface area (TPSA) is 53.1 Å². The Kier molecular flexibility index (Phi) is 1.70. The number of hydrogen-bond acceptors (Lipinski definition) is 3. The van der Waals surface area contributed by atoms with Crippen LogP contribution in [0.15, 0.2) is 6.07 Å². The zero-order chi connectivity index (χ0) is 8.18. The summed E-state index contributed by atoms with van der Waals surface area (Å²) in [6.45, 7) is 1.83. The van der Waals surface area contributed by atoms with Gasteiger partial charge in [-0.05, 0) is 12.8 Å². The van der Waals surface area contributed by atoms with Crippen molar-refractivity contribution < 1.29 is 4.74 Å². The summed E-state index contributed by atoms with van der Waals surface area (Å²) < 4.78 is 7.42. The van der Waals surface area contributed by atoms with Crippen LogP contribution in [0.3, 0.4) is 0 Å². The van der Waals surface area contributed by atoms with Gasteiger partial charge in [0.15, 0.2) is 0 Å². The van der Waals surface area contributed by atoms with E-state index in [4.69, 9.17) is 10.5 Å². The van der Waals surface area contributed by atoms with Crippen molar-refractivity contribution in [1.82, 2.24) is 9.78 Å². The molecular formula is C8H12ClN3O. The molecule has 4 nitrogen and oxygen atoms in total. The summed E-state index contributed by atoms with van der Waals surface area (Å²) in [5.74, 6) is 1.38. The Morgan fingerprint density at radius 3 is 3.00 bits per heavy atom. The molecule has 0 atom stereocenters. The number of nitrogens with two attached hydrogens (primary N) is 1. The van der Waals surface area contributed by atoms with Crippen LogP contribution in [0.2, 0.25) is 0 Å². The predicted octanol–water partition coefficient (Wildman–Crippen LogP) is 1.06. The van der Waals surface area contributed by atoms with E-state index in [-0.39, 0.29) is 12.4 Å². The first-order chi connectivity index (χ1) is 5.77. The fourth-order valence-corrected chi connectivity index (χ4v) is 1.72. The Morgan fingerprint density at radius 2 is 2.31 bits per heavy atom. The number of aromatic nitrogens is 2. The molecule has 1 fully saturated rings. The third-order valence-corrected chi connectivity index (χ3v) is 2.73. The minimum absolute atomic E-state index is 0. The maximum atomic E-state index is 5.56. The van der Waals surface area contributed by atoms with E-state index in [1.807, 2.05) is 4.68 Å². The van der Waals surface area contributed by atoms with Crippen LogP contribution < -0.4 is 10.5 Å². The second-order valence-corrected chi connectivity index (χ2v) is 3.85. The van der Waals surface area contributed by atoms with Crippen molar-refractivity contribution in [3.63, 3.8) is 0 Å². The van der Waals surface area contributed by atoms with E-state index in [0.29, 0.717) is 11.2 Å². The van der Waals surface area contributed by atoms with Crippen LogP contribution in [0, 0.1) is 5.41 Å². The van der Waals surface area contributed by atoms with Crippen LogP contribution in [0.4, 0.5) is 5.82 Å². The smallest absolute Gasteiger partial charge is 0.213 e. The van der Waals surface area contributed by atoms with Gasteiger partial charge in [0.05, 0.1) is 13.2 Å². The lowest BCUT2D eigenvalue weighted by atomic mass is 10.1. The largest absolute Gasteiger partial charge is 0.477 e. The average molecular weight is 202 g/mol. The molecule has 1 saturated carbocycles. The lowest BCUT2D eigenvalue weighted by molar-refractivity contribution is 0.149. The van der Waals surface area contributed by atoms with Gasteiger partial charge < -0.3 is 10.5 Å². The average Bonchev–Trinajstić information content (AvgIpc) is 2.65. The molecule has 3 rings (SSSR count). The Hall–Kier alpha value is -0.900. The van der Waals surface area contributed by atoms with Gasteiger partial charge in [-0.25, -0.2) is 4.68 Å². The van der Waals surface area contributed by atoms with Crippen LogP contribution in [0.1, 0.15) is 12.8 Å². The minimum atomic E-state index is 0. The van der Waals surface area contributed by atoms with Gasteiger partial charge in [-0.1, -0.05) is 0 Å².